The molecule has 0 radical (unpaired) electrons. The lowest BCUT2D eigenvalue weighted by Crippen LogP contribution is -2.02. The van der Waals surface area contributed by atoms with Crippen molar-refractivity contribution in [2.75, 3.05) is 6.54 Å². The number of hydrogen-bond acceptors (Lipinski definition) is 1. The molecule has 0 saturated heterocycles. The van der Waals surface area contributed by atoms with Crippen LogP contribution >= 0.6 is 0 Å². The molecule has 0 aromatic heterocycles. The highest BCUT2D eigenvalue weighted by Crippen LogP contribution is 2.47. The normalized spacial score (nSPS) is 27.2. The quantitative estimate of drug-likeness (QED) is 0.706. The maximum atomic E-state index is 5.61. The summed E-state index contributed by atoms with van der Waals surface area (Å²) in [5, 5.41) is 0. The standard InChI is InChI=1S/C11H15N/c1-8-4-2-3-5-10(8)11-6-9(11)7-12/h2-5,9,11H,6-7,12H2,1H3/t9-,11+/m1/s1. The van der Waals surface area contributed by atoms with E-state index in [2.05, 4.69) is 31.2 Å². The van der Waals surface area contributed by atoms with Crippen LogP contribution < -0.4 is 5.73 Å². The first kappa shape index (κ1) is 7.81. The molecular weight excluding hydrogens is 146 g/mol. The van der Waals surface area contributed by atoms with Crippen molar-refractivity contribution in [3.63, 3.8) is 0 Å². The Morgan fingerprint density at radius 1 is 1.42 bits per heavy atom. The molecule has 1 fully saturated rings. The minimum absolute atomic E-state index is 0.756. The summed E-state index contributed by atoms with van der Waals surface area (Å²) < 4.78 is 0. The first-order valence-corrected chi connectivity index (χ1v) is 4.58. The van der Waals surface area contributed by atoms with E-state index in [1.807, 2.05) is 0 Å². The zero-order valence-electron chi connectivity index (χ0n) is 7.46. The lowest BCUT2D eigenvalue weighted by atomic mass is 10.0. The topological polar surface area (TPSA) is 26.0 Å². The van der Waals surface area contributed by atoms with Crippen LogP contribution in [-0.2, 0) is 0 Å². The fourth-order valence-corrected chi connectivity index (χ4v) is 1.89. The number of rotatable bonds is 2. The van der Waals surface area contributed by atoms with Crippen LogP contribution in [0.3, 0.4) is 0 Å². The minimum Gasteiger partial charge on any atom is -0.330 e. The third kappa shape index (κ3) is 1.25. The van der Waals surface area contributed by atoms with Gasteiger partial charge in [0, 0.05) is 0 Å². The van der Waals surface area contributed by atoms with Gasteiger partial charge in [-0.1, -0.05) is 24.3 Å². The molecule has 0 unspecified atom stereocenters. The Bertz CT molecular complexity index is 280. The molecule has 1 aromatic rings. The van der Waals surface area contributed by atoms with E-state index >= 15 is 0 Å². The number of aryl methyl sites for hydroxylation is 1. The van der Waals surface area contributed by atoms with Gasteiger partial charge in [-0.15, -0.1) is 0 Å². The predicted molar refractivity (Wildman–Crippen MR) is 51.1 cm³/mol. The zero-order valence-corrected chi connectivity index (χ0v) is 7.46. The van der Waals surface area contributed by atoms with Crippen LogP contribution in [0.25, 0.3) is 0 Å². The molecule has 12 heavy (non-hydrogen) atoms. The fraction of sp³-hybridized carbons (Fsp3) is 0.455. The highest BCUT2D eigenvalue weighted by atomic mass is 14.6. The molecule has 0 heterocycles. The zero-order chi connectivity index (χ0) is 8.55. The highest BCUT2D eigenvalue weighted by molar-refractivity contribution is 5.33. The second kappa shape index (κ2) is 2.91. The first-order valence-electron chi connectivity index (χ1n) is 4.58. The van der Waals surface area contributed by atoms with E-state index in [-0.39, 0.29) is 0 Å². The Kier molecular flexibility index (Phi) is 1.89. The van der Waals surface area contributed by atoms with E-state index in [0.29, 0.717) is 0 Å². The molecule has 1 aliphatic carbocycles. The van der Waals surface area contributed by atoms with E-state index in [0.717, 1.165) is 18.4 Å². The van der Waals surface area contributed by atoms with Crippen LogP contribution in [0.2, 0.25) is 0 Å². The molecule has 2 atom stereocenters. The molecular formula is C11H15N. The molecule has 2 N–H and O–H groups in total. The summed E-state index contributed by atoms with van der Waals surface area (Å²) in [7, 11) is 0. The Morgan fingerprint density at radius 3 is 2.75 bits per heavy atom. The third-order valence-corrected chi connectivity index (χ3v) is 2.81. The summed E-state index contributed by atoms with van der Waals surface area (Å²) in [5.41, 5.74) is 8.53. The van der Waals surface area contributed by atoms with Gasteiger partial charge >= 0.3 is 0 Å². The maximum Gasteiger partial charge on any atom is -0.00428 e. The molecule has 0 spiro atoms. The molecule has 0 amide bonds. The summed E-state index contributed by atoms with van der Waals surface area (Å²) in [6, 6.07) is 8.63. The van der Waals surface area contributed by atoms with E-state index in [1.54, 1.807) is 0 Å². The molecule has 1 aliphatic rings. The molecule has 64 valence electrons. The molecule has 1 aromatic carbocycles. The average Bonchev–Trinajstić information content (AvgIpc) is 2.84. The Labute approximate surface area is 73.6 Å². The number of benzene rings is 1. The van der Waals surface area contributed by atoms with Crippen molar-refractivity contribution in [3.8, 4) is 0 Å². The third-order valence-electron chi connectivity index (χ3n) is 2.81. The van der Waals surface area contributed by atoms with Crippen molar-refractivity contribution in [3.05, 3.63) is 35.4 Å². The van der Waals surface area contributed by atoms with Crippen LogP contribution in [0.15, 0.2) is 24.3 Å². The van der Waals surface area contributed by atoms with Gasteiger partial charge < -0.3 is 5.73 Å². The van der Waals surface area contributed by atoms with Crippen LogP contribution in [0.4, 0.5) is 0 Å². The van der Waals surface area contributed by atoms with Crippen LogP contribution in [0.1, 0.15) is 23.5 Å². The van der Waals surface area contributed by atoms with Crippen molar-refractivity contribution in [2.45, 2.75) is 19.3 Å². The molecule has 0 aliphatic heterocycles. The lowest BCUT2D eigenvalue weighted by molar-refractivity contribution is 0.807. The van der Waals surface area contributed by atoms with Crippen molar-refractivity contribution in [1.29, 1.82) is 0 Å². The summed E-state index contributed by atoms with van der Waals surface area (Å²) in [6.45, 7) is 3.03. The van der Waals surface area contributed by atoms with E-state index in [4.69, 9.17) is 5.73 Å². The van der Waals surface area contributed by atoms with Crippen LogP contribution in [-0.4, -0.2) is 6.54 Å². The van der Waals surface area contributed by atoms with Gasteiger partial charge in [-0.2, -0.15) is 0 Å². The number of nitrogens with two attached hydrogens (primary N) is 1. The summed E-state index contributed by atoms with van der Waals surface area (Å²) in [5.74, 6) is 1.52. The maximum absolute atomic E-state index is 5.61. The van der Waals surface area contributed by atoms with Crippen LogP contribution in [0, 0.1) is 12.8 Å². The number of hydrogen-bond donors (Lipinski definition) is 1. The van der Waals surface area contributed by atoms with Gasteiger partial charge in [-0.3, -0.25) is 0 Å². The van der Waals surface area contributed by atoms with Crippen molar-refractivity contribution in [1.82, 2.24) is 0 Å². The summed E-state index contributed by atoms with van der Waals surface area (Å²) in [6.07, 6.45) is 1.29. The van der Waals surface area contributed by atoms with Crippen molar-refractivity contribution >= 4 is 0 Å². The van der Waals surface area contributed by atoms with E-state index in [9.17, 15) is 0 Å². The minimum atomic E-state index is 0.756. The first-order chi connectivity index (χ1) is 5.83. The Hall–Kier alpha value is -0.820. The van der Waals surface area contributed by atoms with E-state index < -0.39 is 0 Å². The second-order valence-electron chi connectivity index (χ2n) is 3.69. The second-order valence-corrected chi connectivity index (χ2v) is 3.69. The molecule has 1 heteroatoms. The SMILES string of the molecule is Cc1ccccc1[C@H]1C[C@@H]1CN. The molecule has 1 saturated carbocycles. The van der Waals surface area contributed by atoms with Gasteiger partial charge in [0.15, 0.2) is 0 Å². The Morgan fingerprint density at radius 2 is 2.17 bits per heavy atom. The largest absolute Gasteiger partial charge is 0.330 e. The van der Waals surface area contributed by atoms with Crippen molar-refractivity contribution in [2.24, 2.45) is 11.7 Å². The monoisotopic (exact) mass is 161 g/mol. The van der Waals surface area contributed by atoms with Gasteiger partial charge in [-0.05, 0) is 42.9 Å². The average molecular weight is 161 g/mol. The van der Waals surface area contributed by atoms with E-state index in [1.165, 1.54) is 17.5 Å². The summed E-state index contributed by atoms with van der Waals surface area (Å²) in [4.78, 5) is 0. The lowest BCUT2D eigenvalue weighted by Gasteiger charge is -2.02. The van der Waals surface area contributed by atoms with Gasteiger partial charge in [0.1, 0.15) is 0 Å². The molecule has 2 rings (SSSR count). The Balaban J connectivity index is 2.19. The fourth-order valence-electron chi connectivity index (χ4n) is 1.89. The van der Waals surface area contributed by atoms with Crippen LogP contribution in [0.5, 0.6) is 0 Å². The predicted octanol–water partition coefficient (Wildman–Crippen LogP) is 2.06. The molecule has 1 nitrogen and oxygen atoms in total. The van der Waals surface area contributed by atoms with Gasteiger partial charge in [-0.25, -0.2) is 0 Å². The van der Waals surface area contributed by atoms with Gasteiger partial charge in [0.2, 0.25) is 0 Å². The van der Waals surface area contributed by atoms with Crippen molar-refractivity contribution < 1.29 is 0 Å². The summed E-state index contributed by atoms with van der Waals surface area (Å²) >= 11 is 0. The van der Waals surface area contributed by atoms with Gasteiger partial charge in [0.05, 0.1) is 0 Å². The smallest absolute Gasteiger partial charge is 0.00428 e. The molecule has 0 bridgehead atoms. The highest BCUT2D eigenvalue weighted by Gasteiger charge is 2.37. The van der Waals surface area contributed by atoms with Gasteiger partial charge in [0.25, 0.3) is 0 Å².